The highest BCUT2D eigenvalue weighted by Crippen LogP contribution is 2.36. The number of ether oxygens (including phenoxy) is 1. The minimum Gasteiger partial charge on any atom is -0.465 e. The lowest BCUT2D eigenvalue weighted by Gasteiger charge is -2.16. The van der Waals surface area contributed by atoms with Crippen LogP contribution in [0.1, 0.15) is 44.8 Å². The molecule has 1 aromatic heterocycles. The van der Waals surface area contributed by atoms with Crippen LogP contribution in [-0.2, 0) is 17.7 Å². The summed E-state index contributed by atoms with van der Waals surface area (Å²) < 4.78 is 6.99. The Bertz CT molecular complexity index is 1060. The van der Waals surface area contributed by atoms with Gasteiger partial charge in [0.2, 0.25) is 0 Å². The van der Waals surface area contributed by atoms with E-state index in [0.717, 1.165) is 29.6 Å². The number of methoxy groups -OCH3 is 1. The number of carbonyl (C=O) groups is 2. The first-order chi connectivity index (χ1) is 13.0. The van der Waals surface area contributed by atoms with Crippen LogP contribution in [0.3, 0.4) is 0 Å². The van der Waals surface area contributed by atoms with E-state index in [1.807, 2.05) is 6.07 Å². The lowest BCUT2D eigenvalue weighted by molar-refractivity contribution is 0.0603. The fourth-order valence-electron chi connectivity index (χ4n) is 3.86. The third kappa shape index (κ3) is 2.93. The van der Waals surface area contributed by atoms with Gasteiger partial charge in [-0.25, -0.2) is 4.79 Å². The number of hydrogen-bond acceptors (Lipinski definition) is 3. The molecule has 3 aromatic rings. The highest BCUT2D eigenvalue weighted by molar-refractivity contribution is 6.36. The van der Waals surface area contributed by atoms with Gasteiger partial charge in [0, 0.05) is 38.7 Å². The number of halogens is 2. The maximum Gasteiger partial charge on any atom is 0.338 e. The van der Waals surface area contributed by atoms with Crippen LogP contribution in [0.5, 0.6) is 0 Å². The second kappa shape index (κ2) is 7.02. The number of carbonyl (C=O) groups excluding carboxylic acids is 2. The van der Waals surface area contributed by atoms with Gasteiger partial charge >= 0.3 is 5.97 Å². The maximum absolute atomic E-state index is 12.7. The van der Waals surface area contributed by atoms with Crippen LogP contribution in [0, 0.1) is 0 Å². The lowest BCUT2D eigenvalue weighted by Crippen LogP contribution is -2.14. The molecule has 2 aromatic carbocycles. The summed E-state index contributed by atoms with van der Waals surface area (Å²) in [5, 5.41) is 1.81. The van der Waals surface area contributed by atoms with E-state index in [2.05, 4.69) is 4.57 Å². The number of ketones is 1. The van der Waals surface area contributed by atoms with Gasteiger partial charge in [0.15, 0.2) is 5.78 Å². The second-order valence-electron chi connectivity index (χ2n) is 6.58. The third-order valence-electron chi connectivity index (χ3n) is 5.08. The normalized spacial score (nSPS) is 13.7. The smallest absolute Gasteiger partial charge is 0.338 e. The molecule has 0 saturated carbocycles. The van der Waals surface area contributed by atoms with Crippen molar-refractivity contribution in [3.8, 4) is 0 Å². The Labute approximate surface area is 166 Å². The zero-order chi connectivity index (χ0) is 19.1. The number of fused-ring (bicyclic) bond motifs is 3. The highest BCUT2D eigenvalue weighted by Gasteiger charge is 2.29. The van der Waals surface area contributed by atoms with Gasteiger partial charge in [0.25, 0.3) is 0 Å². The molecule has 138 valence electrons. The summed E-state index contributed by atoms with van der Waals surface area (Å²) in [5.41, 5.74) is 3.57. The SMILES string of the molecule is COC(=O)c1cccc2c1c1c(n2Cc2c(Cl)cccc2Cl)CCCC1=O. The first-order valence-electron chi connectivity index (χ1n) is 8.71. The van der Waals surface area contributed by atoms with E-state index in [1.165, 1.54) is 7.11 Å². The largest absolute Gasteiger partial charge is 0.465 e. The van der Waals surface area contributed by atoms with E-state index in [4.69, 9.17) is 27.9 Å². The molecule has 0 N–H and O–H groups in total. The van der Waals surface area contributed by atoms with Crippen molar-refractivity contribution in [3.63, 3.8) is 0 Å². The Hall–Kier alpha value is -2.30. The zero-order valence-corrected chi connectivity index (χ0v) is 16.2. The van der Waals surface area contributed by atoms with E-state index in [-0.39, 0.29) is 5.78 Å². The van der Waals surface area contributed by atoms with Crippen molar-refractivity contribution in [2.75, 3.05) is 7.11 Å². The molecule has 0 saturated heterocycles. The minimum atomic E-state index is -0.449. The summed E-state index contributed by atoms with van der Waals surface area (Å²) >= 11 is 12.7. The van der Waals surface area contributed by atoms with Crippen LogP contribution < -0.4 is 0 Å². The van der Waals surface area contributed by atoms with Gasteiger partial charge in [-0.15, -0.1) is 0 Å². The molecule has 0 radical (unpaired) electrons. The summed E-state index contributed by atoms with van der Waals surface area (Å²) in [6, 6.07) is 10.8. The van der Waals surface area contributed by atoms with Crippen molar-refractivity contribution in [1.82, 2.24) is 4.57 Å². The summed E-state index contributed by atoms with van der Waals surface area (Å²) in [5.74, 6) is -0.392. The quantitative estimate of drug-likeness (QED) is 0.559. The summed E-state index contributed by atoms with van der Waals surface area (Å²) in [6.45, 7) is 0.433. The molecule has 27 heavy (non-hydrogen) atoms. The number of hydrogen-bond donors (Lipinski definition) is 0. The Kier molecular flexibility index (Phi) is 4.70. The standard InChI is InChI=1S/C21H17Cl2NO3/c1-27-21(26)12-5-2-8-16-19(12)20-17(9-4-10-18(20)25)24(16)11-13-14(22)6-3-7-15(13)23/h2-3,5-8H,4,9-11H2,1H3. The molecule has 1 aliphatic rings. The summed E-state index contributed by atoms with van der Waals surface area (Å²) in [7, 11) is 1.34. The van der Waals surface area contributed by atoms with Gasteiger partial charge < -0.3 is 9.30 Å². The van der Waals surface area contributed by atoms with Crippen molar-refractivity contribution in [1.29, 1.82) is 0 Å². The Morgan fingerprint density at radius 1 is 1.11 bits per heavy atom. The fraction of sp³-hybridized carbons (Fsp3) is 0.238. The van der Waals surface area contributed by atoms with Gasteiger partial charge in [-0.2, -0.15) is 0 Å². The number of esters is 1. The lowest BCUT2D eigenvalue weighted by atomic mass is 9.92. The molecule has 4 rings (SSSR count). The summed E-state index contributed by atoms with van der Waals surface area (Å²) in [4.78, 5) is 25.1. The molecule has 0 spiro atoms. The summed E-state index contributed by atoms with van der Waals surface area (Å²) in [6.07, 6.45) is 2.03. The maximum atomic E-state index is 12.7. The topological polar surface area (TPSA) is 48.3 Å². The van der Waals surface area contributed by atoms with Gasteiger partial charge in [-0.1, -0.05) is 35.3 Å². The molecule has 6 heteroatoms. The van der Waals surface area contributed by atoms with E-state index in [0.29, 0.717) is 39.5 Å². The van der Waals surface area contributed by atoms with Crippen molar-refractivity contribution >= 4 is 45.9 Å². The van der Waals surface area contributed by atoms with Crippen LogP contribution in [0.4, 0.5) is 0 Å². The van der Waals surface area contributed by atoms with Crippen molar-refractivity contribution < 1.29 is 14.3 Å². The van der Waals surface area contributed by atoms with E-state index >= 15 is 0 Å². The van der Waals surface area contributed by atoms with Gasteiger partial charge in [-0.05, 0) is 37.1 Å². The number of aromatic nitrogens is 1. The Morgan fingerprint density at radius 3 is 2.52 bits per heavy atom. The average molecular weight is 402 g/mol. The molecule has 0 amide bonds. The number of rotatable bonds is 3. The predicted molar refractivity (Wildman–Crippen MR) is 106 cm³/mol. The zero-order valence-electron chi connectivity index (χ0n) is 14.7. The first kappa shape index (κ1) is 18.1. The molecular formula is C21H17Cl2NO3. The van der Waals surface area contributed by atoms with Crippen LogP contribution in [0.2, 0.25) is 10.0 Å². The van der Waals surface area contributed by atoms with Gasteiger partial charge in [0.05, 0.1) is 24.7 Å². The van der Waals surface area contributed by atoms with Gasteiger partial charge in [-0.3, -0.25) is 4.79 Å². The molecule has 4 nitrogen and oxygen atoms in total. The van der Waals surface area contributed by atoms with Crippen LogP contribution in [0.25, 0.3) is 10.9 Å². The fourth-order valence-corrected chi connectivity index (χ4v) is 4.37. The monoisotopic (exact) mass is 401 g/mol. The molecular weight excluding hydrogens is 385 g/mol. The Balaban J connectivity index is 2.01. The number of nitrogens with zero attached hydrogens (tertiary/aromatic N) is 1. The minimum absolute atomic E-state index is 0.0570. The molecule has 0 bridgehead atoms. The van der Waals surface area contributed by atoms with Crippen molar-refractivity contribution in [2.24, 2.45) is 0 Å². The second-order valence-corrected chi connectivity index (χ2v) is 7.39. The van der Waals surface area contributed by atoms with E-state index < -0.39 is 5.97 Å². The molecule has 0 atom stereocenters. The first-order valence-corrected chi connectivity index (χ1v) is 9.47. The van der Waals surface area contributed by atoms with Crippen LogP contribution in [-0.4, -0.2) is 23.4 Å². The van der Waals surface area contributed by atoms with Crippen molar-refractivity contribution in [3.05, 3.63) is 68.8 Å². The average Bonchev–Trinajstić information content (AvgIpc) is 2.99. The third-order valence-corrected chi connectivity index (χ3v) is 5.79. The molecule has 0 aliphatic heterocycles. The molecule has 1 heterocycles. The van der Waals surface area contributed by atoms with E-state index in [1.54, 1.807) is 30.3 Å². The van der Waals surface area contributed by atoms with Crippen molar-refractivity contribution in [2.45, 2.75) is 25.8 Å². The molecule has 0 unspecified atom stereocenters. The Morgan fingerprint density at radius 2 is 1.81 bits per heavy atom. The number of Topliss-reactive ketones (excluding diaryl/α,β-unsaturated/α-hetero) is 1. The van der Waals surface area contributed by atoms with E-state index in [9.17, 15) is 9.59 Å². The predicted octanol–water partition coefficient (Wildman–Crippen LogP) is 5.30. The number of benzene rings is 2. The van der Waals surface area contributed by atoms with Gasteiger partial charge in [0.1, 0.15) is 0 Å². The molecule has 0 fully saturated rings. The van der Waals surface area contributed by atoms with Crippen LogP contribution in [0.15, 0.2) is 36.4 Å². The van der Waals surface area contributed by atoms with Crippen LogP contribution >= 0.6 is 23.2 Å². The molecule has 1 aliphatic carbocycles. The highest BCUT2D eigenvalue weighted by atomic mass is 35.5.